The number of hydrogen-bond donors (Lipinski definition) is 2. The van der Waals surface area contributed by atoms with Gasteiger partial charge in [0.1, 0.15) is 0 Å². The van der Waals surface area contributed by atoms with Gasteiger partial charge in [-0.05, 0) is 6.42 Å². The average Bonchev–Trinajstić information content (AvgIpc) is 2.04. The Kier molecular flexibility index (Phi) is 5.06. The molecule has 2 unspecified atom stereocenters. The highest BCUT2D eigenvalue weighted by molar-refractivity contribution is 5.79. The second-order valence-electron chi connectivity index (χ2n) is 2.85. The summed E-state index contributed by atoms with van der Waals surface area (Å²) in [5.41, 5.74) is 0. The van der Waals surface area contributed by atoms with E-state index in [1.54, 1.807) is 0 Å². The fourth-order valence-corrected chi connectivity index (χ4v) is 1.00. The monoisotopic (exact) mass is 190 g/mol. The van der Waals surface area contributed by atoms with E-state index in [-0.39, 0.29) is 13.0 Å². The highest BCUT2D eigenvalue weighted by Crippen LogP contribution is 2.16. The molecule has 0 saturated carbocycles. The van der Waals surface area contributed by atoms with Crippen LogP contribution in [0.5, 0.6) is 0 Å². The van der Waals surface area contributed by atoms with Crippen LogP contribution in [0.1, 0.15) is 13.3 Å². The Balaban J connectivity index is 4.24. The lowest BCUT2D eigenvalue weighted by Crippen LogP contribution is -2.28. The summed E-state index contributed by atoms with van der Waals surface area (Å²) >= 11 is 0. The van der Waals surface area contributed by atoms with Crippen LogP contribution in [0.2, 0.25) is 0 Å². The highest BCUT2D eigenvalue weighted by atomic mass is 16.5. The van der Waals surface area contributed by atoms with Crippen LogP contribution >= 0.6 is 0 Å². The lowest BCUT2D eigenvalue weighted by atomic mass is 9.91. The first-order chi connectivity index (χ1) is 6.00. The normalized spacial score (nSPS) is 14.9. The van der Waals surface area contributed by atoms with Crippen LogP contribution in [0.15, 0.2) is 0 Å². The standard InChI is InChI=1S/C8H14O5/c1-5(7(9)10)6(8(11)12)3-4-13-2/h5-6H,3-4H2,1-2H3,(H,9,10)(H,11,12). The summed E-state index contributed by atoms with van der Waals surface area (Å²) in [6.45, 7) is 1.64. The number of methoxy groups -OCH3 is 1. The van der Waals surface area contributed by atoms with Gasteiger partial charge >= 0.3 is 11.9 Å². The lowest BCUT2D eigenvalue weighted by molar-refractivity contribution is -0.153. The summed E-state index contributed by atoms with van der Waals surface area (Å²) < 4.78 is 4.70. The van der Waals surface area contributed by atoms with E-state index in [1.165, 1.54) is 14.0 Å². The third-order valence-corrected chi connectivity index (χ3v) is 1.94. The van der Waals surface area contributed by atoms with Crippen molar-refractivity contribution >= 4 is 11.9 Å². The number of carbonyl (C=O) groups is 2. The Hall–Kier alpha value is -1.10. The minimum absolute atomic E-state index is 0.222. The van der Waals surface area contributed by atoms with Crippen LogP contribution in [0, 0.1) is 11.8 Å². The number of ether oxygens (including phenoxy) is 1. The van der Waals surface area contributed by atoms with Crippen LogP contribution in [0.25, 0.3) is 0 Å². The first-order valence-electron chi connectivity index (χ1n) is 3.95. The molecule has 2 atom stereocenters. The van der Waals surface area contributed by atoms with Gasteiger partial charge in [0.15, 0.2) is 0 Å². The van der Waals surface area contributed by atoms with E-state index in [9.17, 15) is 9.59 Å². The Bertz CT molecular complexity index is 189. The van der Waals surface area contributed by atoms with E-state index in [0.29, 0.717) is 0 Å². The lowest BCUT2D eigenvalue weighted by Gasteiger charge is -2.15. The first kappa shape index (κ1) is 11.9. The summed E-state index contributed by atoms with van der Waals surface area (Å²) in [4.78, 5) is 21.1. The molecule has 0 aromatic rings. The van der Waals surface area contributed by atoms with Crippen LogP contribution in [0.4, 0.5) is 0 Å². The smallest absolute Gasteiger partial charge is 0.307 e. The van der Waals surface area contributed by atoms with Crippen molar-refractivity contribution in [3.05, 3.63) is 0 Å². The molecule has 5 heteroatoms. The Morgan fingerprint density at radius 3 is 2.15 bits per heavy atom. The van der Waals surface area contributed by atoms with E-state index in [1.807, 2.05) is 0 Å². The average molecular weight is 190 g/mol. The van der Waals surface area contributed by atoms with Crippen LogP contribution in [-0.4, -0.2) is 35.9 Å². The van der Waals surface area contributed by atoms with Crippen molar-refractivity contribution in [1.82, 2.24) is 0 Å². The number of carboxylic acids is 2. The van der Waals surface area contributed by atoms with Crippen molar-refractivity contribution in [2.45, 2.75) is 13.3 Å². The van der Waals surface area contributed by atoms with Gasteiger partial charge in [0.2, 0.25) is 0 Å². The Morgan fingerprint density at radius 2 is 1.85 bits per heavy atom. The van der Waals surface area contributed by atoms with Crippen molar-refractivity contribution in [1.29, 1.82) is 0 Å². The van der Waals surface area contributed by atoms with Crippen molar-refractivity contribution in [2.75, 3.05) is 13.7 Å². The van der Waals surface area contributed by atoms with Gasteiger partial charge in [-0.25, -0.2) is 0 Å². The molecule has 0 aromatic carbocycles. The topological polar surface area (TPSA) is 83.8 Å². The molecule has 0 aliphatic carbocycles. The molecule has 13 heavy (non-hydrogen) atoms. The van der Waals surface area contributed by atoms with Gasteiger partial charge in [0.05, 0.1) is 11.8 Å². The molecule has 0 heterocycles. The number of rotatable bonds is 6. The third kappa shape index (κ3) is 3.89. The number of aliphatic carboxylic acids is 2. The van der Waals surface area contributed by atoms with Gasteiger partial charge in [0, 0.05) is 13.7 Å². The fourth-order valence-electron chi connectivity index (χ4n) is 1.00. The largest absolute Gasteiger partial charge is 0.481 e. The van der Waals surface area contributed by atoms with E-state index in [0.717, 1.165) is 0 Å². The minimum atomic E-state index is -1.09. The van der Waals surface area contributed by atoms with Gasteiger partial charge in [-0.2, -0.15) is 0 Å². The number of carboxylic acid groups (broad SMARTS) is 2. The summed E-state index contributed by atoms with van der Waals surface area (Å²) in [6, 6.07) is 0. The molecule has 0 radical (unpaired) electrons. The van der Waals surface area contributed by atoms with Crippen molar-refractivity contribution < 1.29 is 24.5 Å². The maximum absolute atomic E-state index is 10.6. The Labute approximate surface area is 76.3 Å². The molecule has 0 spiro atoms. The summed E-state index contributed by atoms with van der Waals surface area (Å²) in [5.74, 6) is -3.94. The van der Waals surface area contributed by atoms with Crippen LogP contribution in [0.3, 0.4) is 0 Å². The highest BCUT2D eigenvalue weighted by Gasteiger charge is 2.29. The zero-order valence-electron chi connectivity index (χ0n) is 7.69. The molecular formula is C8H14O5. The third-order valence-electron chi connectivity index (χ3n) is 1.94. The zero-order chi connectivity index (χ0) is 10.4. The van der Waals surface area contributed by atoms with E-state index in [2.05, 4.69) is 0 Å². The van der Waals surface area contributed by atoms with Crippen LogP contribution in [-0.2, 0) is 14.3 Å². The molecule has 76 valence electrons. The zero-order valence-corrected chi connectivity index (χ0v) is 7.69. The molecule has 0 bridgehead atoms. The van der Waals surface area contributed by atoms with E-state index < -0.39 is 23.8 Å². The maximum Gasteiger partial charge on any atom is 0.307 e. The summed E-state index contributed by atoms with van der Waals surface area (Å²) in [6.07, 6.45) is 0.222. The predicted molar refractivity (Wildman–Crippen MR) is 44.4 cm³/mol. The van der Waals surface area contributed by atoms with Gasteiger partial charge in [0.25, 0.3) is 0 Å². The molecule has 5 nitrogen and oxygen atoms in total. The second-order valence-corrected chi connectivity index (χ2v) is 2.85. The Morgan fingerprint density at radius 1 is 1.31 bits per heavy atom. The minimum Gasteiger partial charge on any atom is -0.481 e. The molecule has 0 rings (SSSR count). The quantitative estimate of drug-likeness (QED) is 0.635. The molecule has 0 amide bonds. The van der Waals surface area contributed by atoms with Gasteiger partial charge in [-0.1, -0.05) is 6.92 Å². The molecule has 0 aliphatic heterocycles. The maximum atomic E-state index is 10.6. The first-order valence-corrected chi connectivity index (χ1v) is 3.95. The summed E-state index contributed by atoms with van der Waals surface area (Å²) in [5, 5.41) is 17.3. The van der Waals surface area contributed by atoms with Crippen molar-refractivity contribution in [2.24, 2.45) is 11.8 Å². The van der Waals surface area contributed by atoms with Gasteiger partial charge in [-0.15, -0.1) is 0 Å². The molecule has 0 fully saturated rings. The molecular weight excluding hydrogens is 176 g/mol. The summed E-state index contributed by atoms with van der Waals surface area (Å²) in [7, 11) is 1.45. The van der Waals surface area contributed by atoms with Crippen molar-refractivity contribution in [3.63, 3.8) is 0 Å². The van der Waals surface area contributed by atoms with Crippen LogP contribution < -0.4 is 0 Å². The number of hydrogen-bond acceptors (Lipinski definition) is 3. The van der Waals surface area contributed by atoms with E-state index in [4.69, 9.17) is 14.9 Å². The fraction of sp³-hybridized carbons (Fsp3) is 0.750. The molecule has 2 N–H and O–H groups in total. The molecule has 0 saturated heterocycles. The van der Waals surface area contributed by atoms with Crippen molar-refractivity contribution in [3.8, 4) is 0 Å². The predicted octanol–water partition coefficient (Wildman–Crippen LogP) is 0.444. The molecule has 0 aromatic heterocycles. The van der Waals surface area contributed by atoms with Gasteiger partial charge < -0.3 is 14.9 Å². The second kappa shape index (κ2) is 5.53. The SMILES string of the molecule is COCCC(C(=O)O)C(C)C(=O)O. The van der Waals surface area contributed by atoms with E-state index >= 15 is 0 Å². The molecule has 0 aliphatic rings. The van der Waals surface area contributed by atoms with Gasteiger partial charge in [-0.3, -0.25) is 9.59 Å².